The fourth-order valence-corrected chi connectivity index (χ4v) is 5.00. The Kier molecular flexibility index (Phi) is 11.1. The van der Waals surface area contributed by atoms with E-state index in [1.165, 1.54) is 17.0 Å². The standard InChI is InChI=1S/C28H34F3N3O3S/c1-3-5-6-7-8-16-34-25(35)19-24(26(36)32-21-12-14-23(15-13-21)37-17-4-2)38-27(34)33-22-11-9-10-20(18-22)28(29,30)31/h9-15,18,24H,3-8,16-17,19H2,1-2H3,(H,32,36). The van der Waals surface area contributed by atoms with Crippen LogP contribution in [0.2, 0.25) is 0 Å². The number of nitrogens with zero attached hydrogens (tertiary/aromatic N) is 2. The number of ether oxygens (including phenoxy) is 1. The van der Waals surface area contributed by atoms with Gasteiger partial charge in [-0.3, -0.25) is 14.5 Å². The molecule has 3 rings (SSSR count). The third-order valence-electron chi connectivity index (χ3n) is 5.91. The molecule has 1 aliphatic heterocycles. The molecule has 1 heterocycles. The van der Waals surface area contributed by atoms with E-state index in [1.54, 1.807) is 24.3 Å². The summed E-state index contributed by atoms with van der Waals surface area (Å²) < 4.78 is 45.3. The normalized spacial score (nSPS) is 17.1. The molecule has 2 aromatic rings. The number of amidine groups is 1. The number of carbonyl (C=O) groups excluding carboxylic acids is 2. The Morgan fingerprint density at radius 3 is 2.50 bits per heavy atom. The van der Waals surface area contributed by atoms with Gasteiger partial charge >= 0.3 is 6.18 Å². The number of thioether (sulfide) groups is 1. The number of amides is 2. The van der Waals surface area contributed by atoms with Gasteiger partial charge in [0.1, 0.15) is 11.0 Å². The Morgan fingerprint density at radius 1 is 1.08 bits per heavy atom. The van der Waals surface area contributed by atoms with Crippen LogP contribution in [-0.2, 0) is 15.8 Å². The number of hydrogen-bond acceptors (Lipinski definition) is 5. The first-order valence-electron chi connectivity index (χ1n) is 13.0. The summed E-state index contributed by atoms with van der Waals surface area (Å²) in [6.45, 7) is 5.12. The van der Waals surface area contributed by atoms with E-state index in [9.17, 15) is 22.8 Å². The quantitative estimate of drug-likeness (QED) is 0.280. The lowest BCUT2D eigenvalue weighted by Crippen LogP contribution is -2.45. The fourth-order valence-electron chi connectivity index (χ4n) is 3.87. The Labute approximate surface area is 226 Å². The van der Waals surface area contributed by atoms with Crippen molar-refractivity contribution >= 4 is 40.1 Å². The highest BCUT2D eigenvalue weighted by atomic mass is 32.2. The molecule has 1 atom stereocenters. The summed E-state index contributed by atoms with van der Waals surface area (Å²) in [6, 6.07) is 11.6. The number of aliphatic imine (C=N–C) groups is 1. The highest BCUT2D eigenvalue weighted by Gasteiger charge is 2.36. The van der Waals surface area contributed by atoms with E-state index < -0.39 is 17.0 Å². The number of benzene rings is 2. The first-order valence-corrected chi connectivity index (χ1v) is 13.9. The molecule has 0 aliphatic carbocycles. The minimum Gasteiger partial charge on any atom is -0.494 e. The summed E-state index contributed by atoms with van der Waals surface area (Å²) in [6.07, 6.45) is 1.26. The van der Waals surface area contributed by atoms with Crippen molar-refractivity contribution in [2.45, 2.75) is 70.2 Å². The molecule has 0 radical (unpaired) electrons. The first kappa shape index (κ1) is 29.5. The van der Waals surface area contributed by atoms with Crippen molar-refractivity contribution in [3.63, 3.8) is 0 Å². The molecule has 206 valence electrons. The zero-order chi connectivity index (χ0) is 27.5. The molecule has 1 N–H and O–H groups in total. The Morgan fingerprint density at radius 2 is 1.82 bits per heavy atom. The number of alkyl halides is 3. The van der Waals surface area contributed by atoms with Gasteiger partial charge < -0.3 is 10.1 Å². The van der Waals surface area contributed by atoms with E-state index in [4.69, 9.17) is 4.74 Å². The lowest BCUT2D eigenvalue weighted by molar-refractivity contribution is -0.137. The summed E-state index contributed by atoms with van der Waals surface area (Å²) in [5, 5.41) is 2.29. The average Bonchev–Trinajstić information content (AvgIpc) is 2.89. The van der Waals surface area contributed by atoms with Gasteiger partial charge in [0.25, 0.3) is 0 Å². The molecule has 2 amide bonds. The van der Waals surface area contributed by atoms with E-state index in [0.717, 1.165) is 62.4 Å². The van der Waals surface area contributed by atoms with Crippen LogP contribution in [0.4, 0.5) is 24.5 Å². The third-order valence-corrected chi connectivity index (χ3v) is 7.10. The molecule has 1 aliphatic rings. The van der Waals surface area contributed by atoms with Gasteiger partial charge in [0.2, 0.25) is 11.8 Å². The maximum Gasteiger partial charge on any atom is 0.416 e. The van der Waals surface area contributed by atoms with Crippen molar-refractivity contribution in [1.29, 1.82) is 0 Å². The molecule has 0 spiro atoms. The predicted octanol–water partition coefficient (Wildman–Crippen LogP) is 7.42. The van der Waals surface area contributed by atoms with Crippen molar-refractivity contribution in [1.82, 2.24) is 4.90 Å². The van der Waals surface area contributed by atoms with Gasteiger partial charge in [-0.05, 0) is 55.3 Å². The van der Waals surface area contributed by atoms with E-state index in [1.807, 2.05) is 6.92 Å². The lowest BCUT2D eigenvalue weighted by Gasteiger charge is -2.32. The van der Waals surface area contributed by atoms with Crippen LogP contribution >= 0.6 is 11.8 Å². The van der Waals surface area contributed by atoms with Gasteiger partial charge in [0.05, 0.1) is 17.9 Å². The van der Waals surface area contributed by atoms with Gasteiger partial charge in [-0.25, -0.2) is 4.99 Å². The lowest BCUT2D eigenvalue weighted by atomic mass is 10.1. The number of nitrogens with one attached hydrogen (secondary N) is 1. The minimum atomic E-state index is -4.51. The highest BCUT2D eigenvalue weighted by molar-refractivity contribution is 8.15. The zero-order valence-corrected chi connectivity index (χ0v) is 22.5. The average molecular weight is 550 g/mol. The Bertz CT molecular complexity index is 1110. The third kappa shape index (κ3) is 8.79. The van der Waals surface area contributed by atoms with Crippen LogP contribution in [0.25, 0.3) is 0 Å². The minimum absolute atomic E-state index is 0.0231. The van der Waals surface area contributed by atoms with Crippen molar-refractivity contribution in [3.05, 3.63) is 54.1 Å². The number of anilines is 1. The molecule has 0 saturated carbocycles. The van der Waals surface area contributed by atoms with Crippen LogP contribution in [0.1, 0.15) is 64.4 Å². The maximum atomic E-state index is 13.2. The molecular weight excluding hydrogens is 515 g/mol. The molecule has 1 unspecified atom stereocenters. The SMILES string of the molecule is CCCCCCCN1C(=O)CC(C(=O)Nc2ccc(OCCC)cc2)SC1=Nc1cccc(C(F)(F)F)c1. The van der Waals surface area contributed by atoms with Gasteiger partial charge in [-0.2, -0.15) is 13.2 Å². The molecule has 38 heavy (non-hydrogen) atoms. The van der Waals surface area contributed by atoms with Crippen molar-refractivity contribution < 1.29 is 27.5 Å². The van der Waals surface area contributed by atoms with E-state index in [0.29, 0.717) is 24.6 Å². The number of hydrogen-bond donors (Lipinski definition) is 1. The Balaban J connectivity index is 1.77. The second-order valence-electron chi connectivity index (χ2n) is 9.07. The van der Waals surface area contributed by atoms with Crippen LogP contribution in [0.5, 0.6) is 5.75 Å². The zero-order valence-electron chi connectivity index (χ0n) is 21.7. The second-order valence-corrected chi connectivity index (χ2v) is 10.2. The molecular formula is C28H34F3N3O3S. The summed E-state index contributed by atoms with van der Waals surface area (Å²) in [4.78, 5) is 32.1. The largest absolute Gasteiger partial charge is 0.494 e. The van der Waals surface area contributed by atoms with Crippen LogP contribution in [0.15, 0.2) is 53.5 Å². The molecule has 0 aromatic heterocycles. The number of rotatable bonds is 12. The summed E-state index contributed by atoms with van der Waals surface area (Å²) in [5.74, 6) is 0.0514. The Hall–Kier alpha value is -3.01. The summed E-state index contributed by atoms with van der Waals surface area (Å²) in [5.41, 5.74) is -0.185. The van der Waals surface area contributed by atoms with E-state index in [-0.39, 0.29) is 29.1 Å². The second kappa shape index (κ2) is 14.2. The number of halogens is 3. The summed E-state index contributed by atoms with van der Waals surface area (Å²) in [7, 11) is 0. The number of unbranched alkanes of at least 4 members (excludes halogenated alkanes) is 4. The smallest absolute Gasteiger partial charge is 0.416 e. The highest BCUT2D eigenvalue weighted by Crippen LogP contribution is 2.34. The van der Waals surface area contributed by atoms with Crippen LogP contribution in [-0.4, -0.2) is 40.3 Å². The molecule has 1 fully saturated rings. The van der Waals surface area contributed by atoms with Crippen LogP contribution < -0.4 is 10.1 Å². The first-order chi connectivity index (χ1) is 18.2. The molecule has 0 bridgehead atoms. The monoisotopic (exact) mass is 549 g/mol. The molecule has 6 nitrogen and oxygen atoms in total. The molecule has 2 aromatic carbocycles. The predicted molar refractivity (Wildman–Crippen MR) is 146 cm³/mol. The summed E-state index contributed by atoms with van der Waals surface area (Å²) >= 11 is 1.10. The van der Waals surface area contributed by atoms with Crippen molar-refractivity contribution in [3.8, 4) is 5.75 Å². The molecule has 1 saturated heterocycles. The van der Waals surface area contributed by atoms with Crippen molar-refractivity contribution in [2.75, 3.05) is 18.5 Å². The molecule has 10 heteroatoms. The van der Waals surface area contributed by atoms with Crippen molar-refractivity contribution in [2.24, 2.45) is 4.99 Å². The van der Waals surface area contributed by atoms with Crippen LogP contribution in [0.3, 0.4) is 0 Å². The number of carbonyl (C=O) groups is 2. The van der Waals surface area contributed by atoms with Gasteiger partial charge in [-0.15, -0.1) is 0 Å². The topological polar surface area (TPSA) is 71.0 Å². The fraction of sp³-hybridized carbons (Fsp3) is 0.464. The maximum absolute atomic E-state index is 13.2. The van der Waals surface area contributed by atoms with Gasteiger partial charge in [0.15, 0.2) is 5.17 Å². The van der Waals surface area contributed by atoms with Gasteiger partial charge in [-0.1, -0.05) is 57.4 Å². The van der Waals surface area contributed by atoms with E-state index >= 15 is 0 Å². The van der Waals surface area contributed by atoms with E-state index in [2.05, 4.69) is 17.2 Å². The van der Waals surface area contributed by atoms with Crippen LogP contribution in [0, 0.1) is 0 Å². The van der Waals surface area contributed by atoms with Gasteiger partial charge in [0, 0.05) is 18.7 Å².